The summed E-state index contributed by atoms with van der Waals surface area (Å²) in [5.41, 5.74) is 1.17. The standard InChI is InChI=1S/C21H21Cl2N3O4/c1-13-9-19(27)24-16-5-3-4-6-17(16)26(13)20(28)11-25(2)21(29)12-30-18-8-7-14(22)10-15(18)23/h3-8,10,13H,9,11-12H2,1-2H3,(H,24,27)/t13-/m1/s1. The average Bonchev–Trinajstić information content (AvgIpc) is 2.81. The number of ether oxygens (including phenoxy) is 1. The summed E-state index contributed by atoms with van der Waals surface area (Å²) >= 11 is 11.9. The molecule has 0 aliphatic carbocycles. The number of carbonyl (C=O) groups is 3. The summed E-state index contributed by atoms with van der Waals surface area (Å²) < 4.78 is 5.45. The molecule has 9 heteroatoms. The molecule has 158 valence electrons. The Morgan fingerprint density at radius 3 is 2.70 bits per heavy atom. The van der Waals surface area contributed by atoms with Gasteiger partial charge in [0.1, 0.15) is 5.75 Å². The fraction of sp³-hybridized carbons (Fsp3) is 0.286. The molecule has 0 aromatic heterocycles. The van der Waals surface area contributed by atoms with Crippen LogP contribution in [0.5, 0.6) is 5.75 Å². The highest BCUT2D eigenvalue weighted by Crippen LogP contribution is 2.31. The van der Waals surface area contributed by atoms with Crippen molar-refractivity contribution in [3.05, 3.63) is 52.5 Å². The van der Waals surface area contributed by atoms with Crippen LogP contribution in [0.25, 0.3) is 0 Å². The van der Waals surface area contributed by atoms with E-state index in [0.29, 0.717) is 27.2 Å². The minimum absolute atomic E-state index is 0.163. The number of rotatable bonds is 5. The highest BCUT2D eigenvalue weighted by Gasteiger charge is 2.30. The van der Waals surface area contributed by atoms with Crippen LogP contribution in [0.2, 0.25) is 10.0 Å². The molecule has 0 saturated carbocycles. The highest BCUT2D eigenvalue weighted by atomic mass is 35.5. The lowest BCUT2D eigenvalue weighted by Gasteiger charge is -2.29. The van der Waals surface area contributed by atoms with Gasteiger partial charge < -0.3 is 19.9 Å². The Labute approximate surface area is 184 Å². The zero-order chi connectivity index (χ0) is 21.8. The Hall–Kier alpha value is -2.77. The third-order valence-electron chi connectivity index (χ3n) is 4.67. The van der Waals surface area contributed by atoms with Crippen molar-refractivity contribution in [2.24, 2.45) is 0 Å². The van der Waals surface area contributed by atoms with Gasteiger partial charge in [-0.05, 0) is 37.3 Å². The molecule has 1 atom stereocenters. The monoisotopic (exact) mass is 449 g/mol. The van der Waals surface area contributed by atoms with E-state index >= 15 is 0 Å². The molecule has 3 amide bonds. The van der Waals surface area contributed by atoms with Gasteiger partial charge in [-0.2, -0.15) is 0 Å². The van der Waals surface area contributed by atoms with E-state index in [4.69, 9.17) is 27.9 Å². The van der Waals surface area contributed by atoms with Gasteiger partial charge in [0.15, 0.2) is 6.61 Å². The number of para-hydroxylation sites is 2. The van der Waals surface area contributed by atoms with Crippen LogP contribution in [-0.2, 0) is 14.4 Å². The van der Waals surface area contributed by atoms with Crippen molar-refractivity contribution in [3.8, 4) is 5.75 Å². The lowest BCUT2D eigenvalue weighted by atomic mass is 10.1. The number of hydrogen-bond acceptors (Lipinski definition) is 4. The zero-order valence-electron chi connectivity index (χ0n) is 16.5. The first kappa shape index (κ1) is 21.9. The Bertz CT molecular complexity index is 982. The van der Waals surface area contributed by atoms with Crippen molar-refractivity contribution in [1.29, 1.82) is 0 Å². The van der Waals surface area contributed by atoms with Gasteiger partial charge in [0.25, 0.3) is 5.91 Å². The fourth-order valence-corrected chi connectivity index (χ4v) is 3.64. The molecule has 2 aromatic rings. The van der Waals surface area contributed by atoms with Crippen LogP contribution in [0.1, 0.15) is 13.3 Å². The second kappa shape index (κ2) is 9.36. The molecular formula is C21H21Cl2N3O4. The van der Waals surface area contributed by atoms with Crippen molar-refractivity contribution in [2.45, 2.75) is 19.4 Å². The first-order valence-corrected chi connectivity index (χ1v) is 10.0. The van der Waals surface area contributed by atoms with Crippen LogP contribution in [0.3, 0.4) is 0 Å². The maximum Gasteiger partial charge on any atom is 0.260 e. The number of nitrogens with one attached hydrogen (secondary N) is 1. The predicted octanol–water partition coefficient (Wildman–Crippen LogP) is 3.59. The van der Waals surface area contributed by atoms with E-state index in [1.54, 1.807) is 48.2 Å². The first-order valence-electron chi connectivity index (χ1n) is 9.29. The molecule has 1 aliphatic heterocycles. The molecule has 0 spiro atoms. The second-order valence-electron chi connectivity index (χ2n) is 7.00. The topological polar surface area (TPSA) is 79.0 Å². The van der Waals surface area contributed by atoms with Gasteiger partial charge in [-0.3, -0.25) is 14.4 Å². The van der Waals surface area contributed by atoms with Gasteiger partial charge in [0.05, 0.1) is 22.9 Å². The van der Waals surface area contributed by atoms with Crippen LogP contribution in [-0.4, -0.2) is 48.9 Å². The summed E-state index contributed by atoms with van der Waals surface area (Å²) in [5.74, 6) is -0.525. The summed E-state index contributed by atoms with van der Waals surface area (Å²) in [5, 5.41) is 3.56. The third kappa shape index (κ3) is 5.04. The minimum atomic E-state index is -0.390. The maximum atomic E-state index is 13.0. The molecule has 0 bridgehead atoms. The number of amides is 3. The SMILES string of the molecule is C[C@@H]1CC(=O)Nc2ccccc2N1C(=O)CN(C)C(=O)COc1ccc(Cl)cc1Cl. The number of hydrogen-bond donors (Lipinski definition) is 1. The Morgan fingerprint density at radius 2 is 1.97 bits per heavy atom. The lowest BCUT2D eigenvalue weighted by Crippen LogP contribution is -2.46. The van der Waals surface area contributed by atoms with Gasteiger partial charge in [0.2, 0.25) is 11.8 Å². The summed E-state index contributed by atoms with van der Waals surface area (Å²) in [6.07, 6.45) is 0.163. The van der Waals surface area contributed by atoms with Gasteiger partial charge >= 0.3 is 0 Å². The number of nitrogens with zero attached hydrogens (tertiary/aromatic N) is 2. The van der Waals surface area contributed by atoms with Gasteiger partial charge in [0, 0.05) is 24.5 Å². The summed E-state index contributed by atoms with van der Waals surface area (Å²) in [7, 11) is 1.52. The molecular weight excluding hydrogens is 429 g/mol. The Kier molecular flexibility index (Phi) is 6.84. The molecule has 0 saturated heterocycles. The number of likely N-dealkylation sites (N-methyl/N-ethyl adjacent to an activating group) is 1. The van der Waals surface area contributed by atoms with E-state index in [0.717, 1.165) is 0 Å². The van der Waals surface area contributed by atoms with E-state index in [1.165, 1.54) is 18.0 Å². The summed E-state index contributed by atoms with van der Waals surface area (Å²) in [6, 6.07) is 11.4. The van der Waals surface area contributed by atoms with Gasteiger partial charge in [-0.15, -0.1) is 0 Å². The molecule has 0 radical (unpaired) electrons. The van der Waals surface area contributed by atoms with Crippen LogP contribution in [0.15, 0.2) is 42.5 Å². The molecule has 2 aromatic carbocycles. The molecule has 7 nitrogen and oxygen atoms in total. The van der Waals surface area contributed by atoms with Crippen molar-refractivity contribution >= 4 is 52.3 Å². The van der Waals surface area contributed by atoms with Crippen LogP contribution in [0, 0.1) is 0 Å². The molecule has 3 rings (SSSR count). The second-order valence-corrected chi connectivity index (χ2v) is 7.84. The van der Waals surface area contributed by atoms with E-state index in [1.807, 2.05) is 0 Å². The van der Waals surface area contributed by atoms with Crippen LogP contribution < -0.4 is 15.0 Å². The number of fused-ring (bicyclic) bond motifs is 1. The first-order chi connectivity index (χ1) is 14.3. The van der Waals surface area contributed by atoms with Crippen molar-refractivity contribution in [3.63, 3.8) is 0 Å². The smallest absolute Gasteiger partial charge is 0.260 e. The maximum absolute atomic E-state index is 13.0. The summed E-state index contributed by atoms with van der Waals surface area (Å²) in [4.78, 5) is 40.4. The number of halogens is 2. The van der Waals surface area contributed by atoms with Crippen LogP contribution in [0.4, 0.5) is 11.4 Å². The van der Waals surface area contributed by atoms with Crippen molar-refractivity contribution < 1.29 is 19.1 Å². The molecule has 1 aliphatic rings. The van der Waals surface area contributed by atoms with Gasteiger partial charge in [-0.25, -0.2) is 0 Å². The average molecular weight is 450 g/mol. The Balaban J connectivity index is 1.67. The van der Waals surface area contributed by atoms with Gasteiger partial charge in [-0.1, -0.05) is 35.3 Å². The molecule has 0 fully saturated rings. The number of benzene rings is 2. The van der Waals surface area contributed by atoms with E-state index in [9.17, 15) is 14.4 Å². The largest absolute Gasteiger partial charge is 0.482 e. The summed E-state index contributed by atoms with van der Waals surface area (Å²) in [6.45, 7) is 1.35. The molecule has 0 unspecified atom stereocenters. The van der Waals surface area contributed by atoms with E-state index in [-0.39, 0.29) is 43.3 Å². The van der Waals surface area contributed by atoms with Crippen LogP contribution >= 0.6 is 23.2 Å². The third-order valence-corrected chi connectivity index (χ3v) is 5.20. The zero-order valence-corrected chi connectivity index (χ0v) is 18.0. The van der Waals surface area contributed by atoms with E-state index in [2.05, 4.69) is 5.32 Å². The quantitative estimate of drug-likeness (QED) is 0.755. The van der Waals surface area contributed by atoms with Crippen molar-refractivity contribution in [2.75, 3.05) is 30.4 Å². The predicted molar refractivity (Wildman–Crippen MR) is 116 cm³/mol. The molecule has 30 heavy (non-hydrogen) atoms. The van der Waals surface area contributed by atoms with E-state index < -0.39 is 0 Å². The molecule has 1 heterocycles. The fourth-order valence-electron chi connectivity index (χ4n) is 3.18. The normalized spacial score (nSPS) is 15.7. The number of carbonyl (C=O) groups excluding carboxylic acids is 3. The molecule has 1 N–H and O–H groups in total. The van der Waals surface area contributed by atoms with Crippen molar-refractivity contribution in [1.82, 2.24) is 4.90 Å². The minimum Gasteiger partial charge on any atom is -0.482 e. The Morgan fingerprint density at radius 1 is 1.23 bits per heavy atom. The number of anilines is 2. The lowest BCUT2D eigenvalue weighted by molar-refractivity contribution is -0.135. The highest BCUT2D eigenvalue weighted by molar-refractivity contribution is 6.35.